The number of hydrogen-bond acceptors (Lipinski definition) is 4. The van der Waals surface area contributed by atoms with Crippen LogP contribution in [0.2, 0.25) is 10.0 Å². The molecule has 0 saturated heterocycles. The highest BCUT2D eigenvalue weighted by Gasteiger charge is 2.04. The van der Waals surface area contributed by atoms with Gasteiger partial charge < -0.3 is 20.0 Å². The summed E-state index contributed by atoms with van der Waals surface area (Å²) in [6.45, 7) is 2.18. The van der Waals surface area contributed by atoms with E-state index in [0.29, 0.717) is 21.7 Å². The van der Waals surface area contributed by atoms with Crippen LogP contribution in [0.3, 0.4) is 0 Å². The zero-order valence-corrected chi connectivity index (χ0v) is 18.0. The molecule has 0 spiro atoms. The molecule has 4 nitrogen and oxygen atoms in total. The standard InChI is InChI=1S/C18H23Cl2N3OS2/c1-23(2)11-15-5-6-16(24-15)12-26-8-7-21-18(25)22-10-13-3-4-14(19)9-17(13)20/h3-6,9H,7-8,10-12H2,1-2H3,(H2,21,22,25). The Morgan fingerprint density at radius 1 is 1.15 bits per heavy atom. The highest BCUT2D eigenvalue weighted by Crippen LogP contribution is 2.20. The van der Waals surface area contributed by atoms with Crippen molar-refractivity contribution < 1.29 is 4.42 Å². The third-order valence-corrected chi connectivity index (χ3v) is 5.28. The molecule has 0 amide bonds. The SMILES string of the molecule is CN(C)Cc1ccc(CSCCNC(=S)NCc2ccc(Cl)cc2Cl)o1. The van der Waals surface area contributed by atoms with Gasteiger partial charge in [0.05, 0.1) is 12.3 Å². The first-order valence-electron chi connectivity index (χ1n) is 8.19. The fraction of sp³-hybridized carbons (Fsp3) is 0.389. The molecular formula is C18H23Cl2N3OS2. The van der Waals surface area contributed by atoms with Gasteiger partial charge in [0.2, 0.25) is 0 Å². The van der Waals surface area contributed by atoms with Crippen LogP contribution < -0.4 is 10.6 Å². The fourth-order valence-corrected chi connectivity index (χ4v) is 3.61. The second-order valence-electron chi connectivity index (χ2n) is 6.00. The average Bonchev–Trinajstić information content (AvgIpc) is 3.00. The maximum absolute atomic E-state index is 6.14. The number of nitrogens with one attached hydrogen (secondary N) is 2. The minimum Gasteiger partial charge on any atom is -0.464 e. The molecule has 0 atom stereocenters. The van der Waals surface area contributed by atoms with Crippen molar-refractivity contribution in [2.24, 2.45) is 0 Å². The Bertz CT molecular complexity index is 722. The van der Waals surface area contributed by atoms with Crippen LogP contribution in [0.1, 0.15) is 17.1 Å². The molecule has 1 aromatic heterocycles. The summed E-state index contributed by atoms with van der Waals surface area (Å²) in [6, 6.07) is 9.52. The molecule has 2 N–H and O–H groups in total. The molecule has 1 heterocycles. The third-order valence-electron chi connectivity index (χ3n) is 3.42. The Labute approximate surface area is 174 Å². The van der Waals surface area contributed by atoms with Crippen molar-refractivity contribution in [3.63, 3.8) is 0 Å². The van der Waals surface area contributed by atoms with Crippen LogP contribution in [0.5, 0.6) is 0 Å². The van der Waals surface area contributed by atoms with E-state index in [0.717, 1.165) is 41.7 Å². The number of nitrogens with zero attached hydrogens (tertiary/aromatic N) is 1. The van der Waals surface area contributed by atoms with E-state index < -0.39 is 0 Å². The Kier molecular flexibility index (Phi) is 9.08. The minimum atomic E-state index is 0.566. The second-order valence-corrected chi connectivity index (χ2v) is 8.36. The van der Waals surface area contributed by atoms with Crippen molar-refractivity contribution in [1.82, 2.24) is 15.5 Å². The monoisotopic (exact) mass is 431 g/mol. The maximum Gasteiger partial charge on any atom is 0.166 e. The maximum atomic E-state index is 6.14. The first-order chi connectivity index (χ1) is 12.4. The number of hydrogen-bond donors (Lipinski definition) is 2. The predicted molar refractivity (Wildman–Crippen MR) is 116 cm³/mol. The van der Waals surface area contributed by atoms with Crippen molar-refractivity contribution in [1.29, 1.82) is 0 Å². The summed E-state index contributed by atoms with van der Waals surface area (Å²) < 4.78 is 5.79. The van der Waals surface area contributed by atoms with Gasteiger partial charge in [0.25, 0.3) is 0 Å². The smallest absolute Gasteiger partial charge is 0.166 e. The van der Waals surface area contributed by atoms with Gasteiger partial charge in [-0.05, 0) is 56.1 Å². The highest BCUT2D eigenvalue weighted by molar-refractivity contribution is 7.98. The summed E-state index contributed by atoms with van der Waals surface area (Å²) in [5, 5.41) is 8.22. The number of furan rings is 1. The van der Waals surface area contributed by atoms with Crippen molar-refractivity contribution in [2.75, 3.05) is 26.4 Å². The van der Waals surface area contributed by atoms with Crippen molar-refractivity contribution in [3.8, 4) is 0 Å². The van der Waals surface area contributed by atoms with E-state index in [9.17, 15) is 0 Å². The van der Waals surface area contributed by atoms with Crippen LogP contribution in [-0.2, 0) is 18.8 Å². The van der Waals surface area contributed by atoms with Gasteiger partial charge in [0.15, 0.2) is 5.11 Å². The van der Waals surface area contributed by atoms with Crippen molar-refractivity contribution in [3.05, 3.63) is 57.5 Å². The van der Waals surface area contributed by atoms with E-state index in [1.54, 1.807) is 17.8 Å². The lowest BCUT2D eigenvalue weighted by Crippen LogP contribution is -2.36. The summed E-state index contributed by atoms with van der Waals surface area (Å²) in [7, 11) is 4.06. The number of thioether (sulfide) groups is 1. The number of rotatable bonds is 9. The molecule has 0 aliphatic rings. The molecule has 1 aromatic carbocycles. The summed E-state index contributed by atoms with van der Waals surface area (Å²) in [6.07, 6.45) is 0. The third kappa shape index (κ3) is 7.76. The first-order valence-corrected chi connectivity index (χ1v) is 10.5. The molecule has 0 aliphatic carbocycles. The van der Waals surface area contributed by atoms with E-state index in [2.05, 4.69) is 15.5 Å². The van der Waals surface area contributed by atoms with Gasteiger partial charge in [-0.25, -0.2) is 0 Å². The molecule has 2 aromatic rings. The van der Waals surface area contributed by atoms with Crippen LogP contribution >= 0.6 is 47.2 Å². The van der Waals surface area contributed by atoms with Gasteiger partial charge in [-0.3, -0.25) is 0 Å². The molecule has 26 heavy (non-hydrogen) atoms. The molecular weight excluding hydrogens is 409 g/mol. The first kappa shape index (κ1) is 21.4. The normalized spacial score (nSPS) is 11.0. The van der Waals surface area contributed by atoms with Crippen LogP contribution in [0.15, 0.2) is 34.7 Å². The molecule has 0 unspecified atom stereocenters. The summed E-state index contributed by atoms with van der Waals surface area (Å²) >= 11 is 19.1. The lowest BCUT2D eigenvalue weighted by atomic mass is 10.2. The van der Waals surface area contributed by atoms with Gasteiger partial charge >= 0.3 is 0 Å². The zero-order valence-electron chi connectivity index (χ0n) is 14.9. The second kappa shape index (κ2) is 11.0. The highest BCUT2D eigenvalue weighted by atomic mass is 35.5. The predicted octanol–water partition coefficient (Wildman–Crippen LogP) is 4.55. The van der Waals surface area contributed by atoms with E-state index in [-0.39, 0.29) is 0 Å². The van der Waals surface area contributed by atoms with Gasteiger partial charge in [-0.2, -0.15) is 11.8 Å². The molecule has 142 valence electrons. The Balaban J connectivity index is 1.59. The zero-order chi connectivity index (χ0) is 18.9. The minimum absolute atomic E-state index is 0.566. The van der Waals surface area contributed by atoms with Gasteiger partial charge in [-0.15, -0.1) is 0 Å². The summed E-state index contributed by atoms with van der Waals surface area (Å²) in [5.41, 5.74) is 0.959. The van der Waals surface area contributed by atoms with Crippen LogP contribution in [0.4, 0.5) is 0 Å². The largest absolute Gasteiger partial charge is 0.464 e. The molecule has 0 aliphatic heterocycles. The Morgan fingerprint density at radius 3 is 2.65 bits per heavy atom. The lowest BCUT2D eigenvalue weighted by Gasteiger charge is -2.11. The van der Waals surface area contributed by atoms with Gasteiger partial charge in [0.1, 0.15) is 11.5 Å². The van der Waals surface area contributed by atoms with E-state index in [1.807, 2.05) is 38.4 Å². The van der Waals surface area contributed by atoms with Crippen LogP contribution in [-0.4, -0.2) is 36.4 Å². The Hall–Kier alpha value is -0.920. The number of benzene rings is 1. The topological polar surface area (TPSA) is 40.4 Å². The summed E-state index contributed by atoms with van der Waals surface area (Å²) in [4.78, 5) is 2.09. The fourth-order valence-electron chi connectivity index (χ4n) is 2.21. The molecule has 0 bridgehead atoms. The van der Waals surface area contributed by atoms with Crippen molar-refractivity contribution >= 4 is 52.3 Å². The van der Waals surface area contributed by atoms with Crippen LogP contribution in [0.25, 0.3) is 0 Å². The van der Waals surface area contributed by atoms with E-state index in [4.69, 9.17) is 39.8 Å². The van der Waals surface area contributed by atoms with Gasteiger partial charge in [0, 0.05) is 28.9 Å². The number of halogens is 2. The van der Waals surface area contributed by atoms with Crippen molar-refractivity contribution in [2.45, 2.75) is 18.8 Å². The Morgan fingerprint density at radius 2 is 1.92 bits per heavy atom. The van der Waals surface area contributed by atoms with Gasteiger partial charge in [-0.1, -0.05) is 29.3 Å². The molecule has 0 radical (unpaired) electrons. The molecule has 0 fully saturated rings. The molecule has 8 heteroatoms. The molecule has 2 rings (SSSR count). The van der Waals surface area contributed by atoms with Crippen LogP contribution in [0, 0.1) is 0 Å². The summed E-state index contributed by atoms with van der Waals surface area (Å²) in [5.74, 6) is 3.79. The lowest BCUT2D eigenvalue weighted by molar-refractivity contribution is 0.344. The number of thiocarbonyl (C=S) groups is 1. The quantitative estimate of drug-likeness (QED) is 0.448. The molecule has 0 saturated carbocycles. The average molecular weight is 432 g/mol. The van der Waals surface area contributed by atoms with E-state index >= 15 is 0 Å². The van der Waals surface area contributed by atoms with E-state index in [1.165, 1.54) is 0 Å².